The zero-order chi connectivity index (χ0) is 13.1. The number of methoxy groups -OCH3 is 1. The first-order valence-corrected chi connectivity index (χ1v) is 5.95. The van der Waals surface area contributed by atoms with E-state index >= 15 is 0 Å². The summed E-state index contributed by atoms with van der Waals surface area (Å²) in [4.78, 5) is 0. The van der Waals surface area contributed by atoms with E-state index in [1.54, 1.807) is 13.2 Å². The lowest BCUT2D eigenvalue weighted by molar-refractivity contribution is 0.414. The van der Waals surface area contributed by atoms with Gasteiger partial charge in [-0.3, -0.25) is 0 Å². The summed E-state index contributed by atoms with van der Waals surface area (Å²) in [5.74, 6) is 0.824. The molecule has 0 heterocycles. The third-order valence-corrected chi connectivity index (χ3v) is 3.05. The highest BCUT2D eigenvalue weighted by atomic mass is 35.5. The summed E-state index contributed by atoms with van der Waals surface area (Å²) in [5, 5.41) is 3.85. The van der Waals surface area contributed by atoms with E-state index in [1.807, 2.05) is 37.3 Å². The summed E-state index contributed by atoms with van der Waals surface area (Å²) >= 11 is 6.12. The second kappa shape index (κ2) is 5.19. The molecule has 0 radical (unpaired) electrons. The average Bonchev–Trinajstić information content (AvgIpc) is 2.35. The number of nitrogens with one attached hydrogen (secondary N) is 1. The zero-order valence-corrected chi connectivity index (χ0v) is 11.1. The van der Waals surface area contributed by atoms with Crippen LogP contribution in [0.1, 0.15) is 5.56 Å². The molecule has 3 nitrogen and oxygen atoms in total. The Labute approximate surface area is 112 Å². The second-order valence-corrected chi connectivity index (χ2v) is 4.42. The highest BCUT2D eigenvalue weighted by Gasteiger charge is 2.06. The van der Waals surface area contributed by atoms with Gasteiger partial charge in [0, 0.05) is 5.69 Å². The van der Waals surface area contributed by atoms with Gasteiger partial charge in [-0.15, -0.1) is 0 Å². The van der Waals surface area contributed by atoms with Gasteiger partial charge in [-0.25, -0.2) is 0 Å². The summed E-state index contributed by atoms with van der Waals surface area (Å²) in [6.45, 7) is 2.00. The number of para-hydroxylation sites is 1. The van der Waals surface area contributed by atoms with Gasteiger partial charge >= 0.3 is 0 Å². The lowest BCUT2D eigenvalue weighted by Crippen LogP contribution is -1.98. The Balaban J connectivity index is 2.34. The van der Waals surface area contributed by atoms with E-state index in [1.165, 1.54) is 0 Å². The van der Waals surface area contributed by atoms with Crippen molar-refractivity contribution in [2.75, 3.05) is 18.2 Å². The summed E-state index contributed by atoms with van der Waals surface area (Å²) in [7, 11) is 1.65. The Morgan fingerprint density at radius 3 is 2.61 bits per heavy atom. The summed E-state index contributed by atoms with van der Waals surface area (Å²) in [6, 6.07) is 11.2. The van der Waals surface area contributed by atoms with Crippen LogP contribution < -0.4 is 15.8 Å². The molecule has 0 atom stereocenters. The molecule has 0 aliphatic rings. The summed E-state index contributed by atoms with van der Waals surface area (Å²) in [5.41, 5.74) is 9.27. The first-order valence-electron chi connectivity index (χ1n) is 5.57. The van der Waals surface area contributed by atoms with Crippen molar-refractivity contribution in [3.05, 3.63) is 47.0 Å². The lowest BCUT2D eigenvalue weighted by atomic mass is 10.1. The maximum Gasteiger partial charge on any atom is 0.119 e. The Bertz CT molecular complexity index is 549. The van der Waals surface area contributed by atoms with Crippen molar-refractivity contribution in [3.8, 4) is 5.75 Å². The number of hydrogen-bond donors (Lipinski definition) is 2. The van der Waals surface area contributed by atoms with Crippen molar-refractivity contribution in [1.29, 1.82) is 0 Å². The second-order valence-electron chi connectivity index (χ2n) is 4.01. The maximum absolute atomic E-state index is 6.12. The molecular weight excluding hydrogens is 248 g/mol. The lowest BCUT2D eigenvalue weighted by Gasteiger charge is -2.14. The van der Waals surface area contributed by atoms with Crippen molar-refractivity contribution in [3.63, 3.8) is 0 Å². The van der Waals surface area contributed by atoms with E-state index in [0.29, 0.717) is 10.7 Å². The zero-order valence-electron chi connectivity index (χ0n) is 10.3. The highest BCUT2D eigenvalue weighted by molar-refractivity contribution is 6.34. The van der Waals surface area contributed by atoms with Crippen LogP contribution in [0.4, 0.5) is 17.1 Å². The highest BCUT2D eigenvalue weighted by Crippen LogP contribution is 2.32. The molecule has 2 aromatic rings. The molecule has 0 bridgehead atoms. The van der Waals surface area contributed by atoms with E-state index in [-0.39, 0.29) is 0 Å². The molecule has 18 heavy (non-hydrogen) atoms. The van der Waals surface area contributed by atoms with Gasteiger partial charge in [0.25, 0.3) is 0 Å². The Morgan fingerprint density at radius 2 is 2.00 bits per heavy atom. The van der Waals surface area contributed by atoms with E-state index < -0.39 is 0 Å². The van der Waals surface area contributed by atoms with Crippen LogP contribution >= 0.6 is 11.6 Å². The SMILES string of the molecule is COc1ccc(Nc2c(N)cccc2Cl)c(C)c1. The number of halogens is 1. The maximum atomic E-state index is 6.12. The molecule has 0 unspecified atom stereocenters. The van der Waals surface area contributed by atoms with Crippen molar-refractivity contribution in [2.45, 2.75) is 6.92 Å². The largest absolute Gasteiger partial charge is 0.497 e. The summed E-state index contributed by atoms with van der Waals surface area (Å²) < 4.78 is 5.17. The monoisotopic (exact) mass is 262 g/mol. The molecule has 94 valence electrons. The van der Waals surface area contributed by atoms with Crippen LogP contribution in [0.3, 0.4) is 0 Å². The molecule has 2 aromatic carbocycles. The predicted octanol–water partition coefficient (Wildman–Crippen LogP) is 3.98. The van der Waals surface area contributed by atoms with Gasteiger partial charge in [-0.05, 0) is 42.8 Å². The number of benzene rings is 2. The minimum atomic E-state index is 0.602. The van der Waals surface area contributed by atoms with E-state index in [0.717, 1.165) is 22.7 Å². The minimum absolute atomic E-state index is 0.602. The van der Waals surface area contributed by atoms with E-state index in [9.17, 15) is 0 Å². The van der Waals surface area contributed by atoms with Gasteiger partial charge in [0.05, 0.1) is 23.5 Å². The van der Waals surface area contributed by atoms with Crippen molar-refractivity contribution < 1.29 is 4.74 Å². The molecule has 0 saturated carbocycles. The van der Waals surface area contributed by atoms with Crippen LogP contribution in [-0.2, 0) is 0 Å². The number of rotatable bonds is 3. The third-order valence-electron chi connectivity index (χ3n) is 2.74. The molecule has 2 rings (SSSR count). The molecule has 0 amide bonds. The van der Waals surface area contributed by atoms with Crippen LogP contribution in [0.5, 0.6) is 5.75 Å². The van der Waals surface area contributed by atoms with Gasteiger partial charge in [0.2, 0.25) is 0 Å². The van der Waals surface area contributed by atoms with Crippen LogP contribution in [0.25, 0.3) is 0 Å². The Morgan fingerprint density at radius 1 is 1.22 bits per heavy atom. The normalized spacial score (nSPS) is 10.2. The van der Waals surface area contributed by atoms with Gasteiger partial charge in [-0.2, -0.15) is 0 Å². The third kappa shape index (κ3) is 2.51. The standard InChI is InChI=1S/C14H15ClN2O/c1-9-8-10(18-2)6-7-13(9)17-14-11(15)4-3-5-12(14)16/h3-8,17H,16H2,1-2H3. The van der Waals surface area contributed by atoms with Gasteiger partial charge in [0.15, 0.2) is 0 Å². The molecule has 0 aliphatic carbocycles. The quantitative estimate of drug-likeness (QED) is 0.823. The molecule has 3 N–H and O–H groups in total. The van der Waals surface area contributed by atoms with Crippen LogP contribution in [0, 0.1) is 6.92 Å². The number of nitrogen functional groups attached to an aromatic ring is 1. The van der Waals surface area contributed by atoms with Gasteiger partial charge in [-0.1, -0.05) is 17.7 Å². The van der Waals surface area contributed by atoms with E-state index in [4.69, 9.17) is 22.1 Å². The number of aryl methyl sites for hydroxylation is 1. The predicted molar refractivity (Wildman–Crippen MR) is 76.9 cm³/mol. The van der Waals surface area contributed by atoms with E-state index in [2.05, 4.69) is 5.32 Å². The van der Waals surface area contributed by atoms with Gasteiger partial charge < -0.3 is 15.8 Å². The van der Waals surface area contributed by atoms with Crippen molar-refractivity contribution >= 4 is 28.7 Å². The summed E-state index contributed by atoms with van der Waals surface area (Å²) in [6.07, 6.45) is 0. The smallest absolute Gasteiger partial charge is 0.119 e. The number of anilines is 3. The van der Waals surface area contributed by atoms with Crippen molar-refractivity contribution in [1.82, 2.24) is 0 Å². The molecule has 0 saturated heterocycles. The van der Waals surface area contributed by atoms with Crippen LogP contribution in [0.15, 0.2) is 36.4 Å². The number of nitrogens with two attached hydrogens (primary N) is 1. The fourth-order valence-electron chi connectivity index (χ4n) is 1.71. The number of hydrogen-bond acceptors (Lipinski definition) is 3. The van der Waals surface area contributed by atoms with Crippen LogP contribution in [-0.4, -0.2) is 7.11 Å². The minimum Gasteiger partial charge on any atom is -0.497 e. The molecule has 0 aromatic heterocycles. The topological polar surface area (TPSA) is 47.3 Å². The average molecular weight is 263 g/mol. The first-order chi connectivity index (χ1) is 8.61. The molecule has 4 heteroatoms. The fourth-order valence-corrected chi connectivity index (χ4v) is 1.94. The van der Waals surface area contributed by atoms with Gasteiger partial charge in [0.1, 0.15) is 5.75 Å². The molecule has 0 spiro atoms. The number of ether oxygens (including phenoxy) is 1. The molecule has 0 aliphatic heterocycles. The Kier molecular flexibility index (Phi) is 3.63. The Hall–Kier alpha value is -1.87. The molecular formula is C14H15ClN2O. The molecule has 0 fully saturated rings. The van der Waals surface area contributed by atoms with Crippen LogP contribution in [0.2, 0.25) is 5.02 Å². The fraction of sp³-hybridized carbons (Fsp3) is 0.143. The van der Waals surface area contributed by atoms with Crippen molar-refractivity contribution in [2.24, 2.45) is 0 Å². The first kappa shape index (κ1) is 12.6.